The smallest absolute Gasteiger partial charge is 0.422 e. The molecule has 0 radical (unpaired) electrons. The number of ketones is 1. The van der Waals surface area contributed by atoms with Crippen molar-refractivity contribution in [2.75, 3.05) is 39.8 Å². The van der Waals surface area contributed by atoms with E-state index in [1.54, 1.807) is 12.3 Å². The molecule has 298 valence electrons. The van der Waals surface area contributed by atoms with E-state index < -0.39 is 23.9 Å². The molecule has 10 nitrogen and oxygen atoms in total. The van der Waals surface area contributed by atoms with Gasteiger partial charge in [-0.2, -0.15) is 18.3 Å². The molecule has 0 amide bonds. The third-order valence-corrected chi connectivity index (χ3v) is 13.5. The highest BCUT2D eigenvalue weighted by Gasteiger charge is 2.58. The number of aromatic amines is 1. The topological polar surface area (TPSA) is 139 Å². The van der Waals surface area contributed by atoms with Crippen LogP contribution >= 0.6 is 0 Å². The molecule has 4 fully saturated rings. The monoisotopic (exact) mass is 770 g/mol. The number of piperidine rings is 2. The standard InChI is InChI=1S/C43H53F3N8O2/c1-5-27-21-30-36(37(56-25-43(44,45)46)35(27)34-26(3)7-8-32-31(34)22-49-52-32)50-39(28-9-19-54(20-10-28)29-11-17-53(4)18-12-29)51-38(30)41(47)15-13-40(14-16-41)23-42(48,24-40)33(55)6-2/h5-8,21-22,28-29H,1-2,9-20,23-25,47-48H2,3-4H3,(H,49,52). The number of nitrogens with two attached hydrogens (primary N) is 2. The van der Waals surface area contributed by atoms with Gasteiger partial charge in [0, 0.05) is 28.3 Å². The van der Waals surface area contributed by atoms with E-state index >= 15 is 0 Å². The van der Waals surface area contributed by atoms with Gasteiger partial charge in [0.15, 0.2) is 18.1 Å². The van der Waals surface area contributed by atoms with Crippen LogP contribution < -0.4 is 16.2 Å². The largest absolute Gasteiger partial charge is 0.481 e. The van der Waals surface area contributed by atoms with Crippen LogP contribution in [0.5, 0.6) is 5.75 Å². The number of fused-ring (bicyclic) bond motifs is 2. The molecule has 2 aromatic carbocycles. The first kappa shape index (κ1) is 38.7. The molecule has 2 aliphatic heterocycles. The molecular weight excluding hydrogens is 718 g/mol. The quantitative estimate of drug-likeness (QED) is 0.150. The SMILES string of the molecule is C=CC(=O)C1(N)CC2(CCC(N)(c3nc(C4CCN(C5CCN(C)CC5)CC4)nc4c(OCC(F)(F)F)c(-c5c(C)ccc6[nH]ncc56)c(C=C)cc34)CC2)C1. The second-order valence-electron chi connectivity index (χ2n) is 17.3. The average Bonchev–Trinajstić information content (AvgIpc) is 3.65. The molecule has 0 unspecified atom stereocenters. The van der Waals surface area contributed by atoms with Crippen LogP contribution in [0.15, 0.2) is 43.6 Å². The molecule has 1 spiro atoms. The van der Waals surface area contributed by atoms with Gasteiger partial charge in [0.2, 0.25) is 0 Å². The maximum Gasteiger partial charge on any atom is 0.422 e. The first-order valence-corrected chi connectivity index (χ1v) is 20.0. The van der Waals surface area contributed by atoms with Gasteiger partial charge in [0.25, 0.3) is 0 Å². The van der Waals surface area contributed by atoms with Crippen molar-refractivity contribution in [1.82, 2.24) is 30.0 Å². The third kappa shape index (κ3) is 6.94. The maximum absolute atomic E-state index is 14.1. The number of aryl methyl sites for hydroxylation is 1. The van der Waals surface area contributed by atoms with Gasteiger partial charge in [0.1, 0.15) is 11.3 Å². The summed E-state index contributed by atoms with van der Waals surface area (Å²) in [5.74, 6) is 0.479. The van der Waals surface area contributed by atoms with Crippen molar-refractivity contribution in [3.63, 3.8) is 0 Å². The predicted octanol–water partition coefficient (Wildman–Crippen LogP) is 7.30. The fourth-order valence-corrected chi connectivity index (χ4v) is 10.4. The van der Waals surface area contributed by atoms with Crippen molar-refractivity contribution in [3.8, 4) is 16.9 Å². The van der Waals surface area contributed by atoms with Gasteiger partial charge >= 0.3 is 6.18 Å². The number of halogens is 3. The first-order chi connectivity index (χ1) is 26.6. The van der Waals surface area contributed by atoms with Gasteiger partial charge in [-0.25, -0.2) is 9.97 Å². The summed E-state index contributed by atoms with van der Waals surface area (Å²) >= 11 is 0. The number of hydrogen-bond acceptors (Lipinski definition) is 9. The summed E-state index contributed by atoms with van der Waals surface area (Å²) in [6.07, 6.45) is 7.76. The number of ether oxygens (including phenoxy) is 1. The van der Waals surface area contributed by atoms with Crippen molar-refractivity contribution < 1.29 is 22.7 Å². The average molecular weight is 771 g/mol. The van der Waals surface area contributed by atoms with Gasteiger partial charge in [-0.3, -0.25) is 9.89 Å². The molecule has 2 aromatic heterocycles. The number of aromatic nitrogens is 4. The van der Waals surface area contributed by atoms with Crippen molar-refractivity contribution in [2.24, 2.45) is 16.9 Å². The normalized spacial score (nSPS) is 27.1. The van der Waals surface area contributed by atoms with Crippen LogP contribution in [0.25, 0.3) is 39.0 Å². The molecule has 0 atom stereocenters. The molecule has 4 heterocycles. The molecule has 2 saturated carbocycles. The number of carbonyl (C=O) groups excluding carboxylic acids is 1. The van der Waals surface area contributed by atoms with Crippen molar-refractivity contribution >= 4 is 33.7 Å². The molecule has 4 aromatic rings. The summed E-state index contributed by atoms with van der Waals surface area (Å²) in [7, 11) is 2.17. The van der Waals surface area contributed by atoms with E-state index in [0.29, 0.717) is 70.8 Å². The first-order valence-electron chi connectivity index (χ1n) is 20.0. The Morgan fingerprint density at radius 2 is 1.70 bits per heavy atom. The number of H-pyrrole nitrogens is 1. The minimum atomic E-state index is -4.61. The highest BCUT2D eigenvalue weighted by molar-refractivity contribution is 6.05. The van der Waals surface area contributed by atoms with Crippen LogP contribution in [-0.2, 0) is 10.3 Å². The van der Waals surface area contributed by atoms with Crippen LogP contribution in [-0.4, -0.2) is 93.3 Å². The van der Waals surface area contributed by atoms with E-state index in [1.807, 2.05) is 25.1 Å². The summed E-state index contributed by atoms with van der Waals surface area (Å²) in [4.78, 5) is 28.1. The van der Waals surface area contributed by atoms with E-state index in [-0.39, 0.29) is 22.9 Å². The number of carbonyl (C=O) groups is 1. The summed E-state index contributed by atoms with van der Waals surface area (Å²) < 4.78 is 48.3. The van der Waals surface area contributed by atoms with Gasteiger partial charge in [-0.1, -0.05) is 25.3 Å². The van der Waals surface area contributed by atoms with E-state index in [0.717, 1.165) is 81.2 Å². The minimum Gasteiger partial charge on any atom is -0.481 e. The maximum atomic E-state index is 14.1. The fraction of sp³-hybridized carbons (Fsp3) is 0.535. The lowest BCUT2D eigenvalue weighted by molar-refractivity contribution is -0.153. The van der Waals surface area contributed by atoms with Crippen LogP contribution in [0.4, 0.5) is 13.2 Å². The predicted molar refractivity (Wildman–Crippen MR) is 213 cm³/mol. The Balaban J connectivity index is 1.26. The summed E-state index contributed by atoms with van der Waals surface area (Å²) in [6.45, 7) is 12.2. The Bertz CT molecular complexity index is 2170. The number of nitrogens with one attached hydrogen (secondary N) is 1. The number of nitrogens with zero attached hydrogens (tertiary/aromatic N) is 5. The molecule has 5 N–H and O–H groups in total. The van der Waals surface area contributed by atoms with Crippen LogP contribution in [0.2, 0.25) is 0 Å². The minimum absolute atomic E-state index is 0.00867. The highest BCUT2D eigenvalue weighted by atomic mass is 19.4. The molecule has 56 heavy (non-hydrogen) atoms. The molecule has 13 heteroatoms. The Morgan fingerprint density at radius 3 is 2.34 bits per heavy atom. The second kappa shape index (κ2) is 14.3. The lowest BCUT2D eigenvalue weighted by Gasteiger charge is -2.57. The van der Waals surface area contributed by atoms with E-state index in [1.165, 1.54) is 6.08 Å². The number of alkyl halides is 3. The Morgan fingerprint density at radius 1 is 1.00 bits per heavy atom. The molecule has 2 aliphatic carbocycles. The Hall–Kier alpha value is -4.17. The molecular formula is C43H53F3N8O2. The van der Waals surface area contributed by atoms with Crippen LogP contribution in [0, 0.1) is 12.3 Å². The summed E-state index contributed by atoms with van der Waals surface area (Å²) in [6, 6.07) is 6.29. The lowest BCUT2D eigenvalue weighted by Crippen LogP contribution is -2.64. The zero-order chi connectivity index (χ0) is 39.6. The van der Waals surface area contributed by atoms with Gasteiger partial charge in [-0.15, -0.1) is 0 Å². The van der Waals surface area contributed by atoms with E-state index in [9.17, 15) is 18.0 Å². The van der Waals surface area contributed by atoms with Crippen molar-refractivity contribution in [1.29, 1.82) is 0 Å². The summed E-state index contributed by atoms with van der Waals surface area (Å²) in [5, 5.41) is 8.57. The van der Waals surface area contributed by atoms with E-state index in [2.05, 4.69) is 40.2 Å². The molecule has 2 saturated heterocycles. The number of benzene rings is 2. The Labute approximate surface area is 325 Å². The van der Waals surface area contributed by atoms with Crippen molar-refractivity contribution in [2.45, 2.75) is 100 Å². The van der Waals surface area contributed by atoms with Crippen molar-refractivity contribution in [3.05, 3.63) is 66.3 Å². The van der Waals surface area contributed by atoms with Crippen LogP contribution in [0.1, 0.15) is 92.8 Å². The number of likely N-dealkylation sites (tertiary alicyclic amines) is 2. The number of hydrogen-bond donors (Lipinski definition) is 3. The third-order valence-electron chi connectivity index (χ3n) is 13.5. The zero-order valence-electron chi connectivity index (χ0n) is 32.5. The zero-order valence-corrected chi connectivity index (χ0v) is 32.5. The highest BCUT2D eigenvalue weighted by Crippen LogP contribution is 2.59. The Kier molecular flexibility index (Phi) is 9.90. The van der Waals surface area contributed by atoms with Crippen LogP contribution in [0.3, 0.4) is 0 Å². The molecule has 0 bridgehead atoms. The van der Waals surface area contributed by atoms with E-state index in [4.69, 9.17) is 26.2 Å². The molecule has 8 rings (SSSR count). The number of rotatable bonds is 9. The van der Waals surface area contributed by atoms with Gasteiger partial charge < -0.3 is 26.0 Å². The van der Waals surface area contributed by atoms with Gasteiger partial charge in [0.05, 0.1) is 28.5 Å². The fourth-order valence-electron chi connectivity index (χ4n) is 10.4. The summed E-state index contributed by atoms with van der Waals surface area (Å²) in [5.41, 5.74) is 16.3. The molecule has 4 aliphatic rings. The second-order valence-corrected chi connectivity index (χ2v) is 17.3. The lowest BCUT2D eigenvalue weighted by atomic mass is 9.49. The van der Waals surface area contributed by atoms with Gasteiger partial charge in [-0.05, 0) is 145 Å².